The average Bonchev–Trinajstić information content (AvgIpc) is 2.42. The molecule has 2 unspecified atom stereocenters. The molecule has 1 saturated heterocycles. The largest absolute Gasteiger partial charge is 0.313 e. The second kappa shape index (κ2) is 9.78. The van der Waals surface area contributed by atoms with Crippen molar-refractivity contribution in [3.8, 4) is 0 Å². The molecular weight excluding hydrogens is 270 g/mol. The van der Waals surface area contributed by atoms with Crippen molar-refractivity contribution in [2.75, 3.05) is 12.3 Å². The summed E-state index contributed by atoms with van der Waals surface area (Å²) in [5.74, 6) is 0.401. The molecule has 1 rings (SSSR count). The minimum Gasteiger partial charge on any atom is -0.313 e. The smallest absolute Gasteiger partial charge is 0.154 e. The molecule has 1 aliphatic heterocycles. The van der Waals surface area contributed by atoms with Gasteiger partial charge in [-0.25, -0.2) is 8.42 Å². The van der Waals surface area contributed by atoms with Gasteiger partial charge in [-0.1, -0.05) is 52.4 Å². The molecule has 4 heteroatoms. The molecule has 0 spiro atoms. The Morgan fingerprint density at radius 2 is 1.80 bits per heavy atom. The van der Waals surface area contributed by atoms with E-state index >= 15 is 0 Å². The summed E-state index contributed by atoms with van der Waals surface area (Å²) < 4.78 is 24.6. The van der Waals surface area contributed by atoms with Crippen LogP contribution < -0.4 is 5.32 Å². The van der Waals surface area contributed by atoms with Gasteiger partial charge in [0.15, 0.2) is 9.84 Å². The summed E-state index contributed by atoms with van der Waals surface area (Å²) in [5.41, 5.74) is 0. The van der Waals surface area contributed by atoms with Crippen molar-refractivity contribution in [2.24, 2.45) is 0 Å². The number of rotatable bonds is 10. The number of hydrogen-bond acceptors (Lipinski definition) is 3. The fraction of sp³-hybridized carbons (Fsp3) is 1.00. The first-order valence-corrected chi connectivity index (χ1v) is 10.3. The third kappa shape index (κ3) is 6.13. The van der Waals surface area contributed by atoms with Gasteiger partial charge in [0.2, 0.25) is 0 Å². The molecule has 1 fully saturated rings. The van der Waals surface area contributed by atoms with Gasteiger partial charge in [-0.2, -0.15) is 0 Å². The lowest BCUT2D eigenvalue weighted by Crippen LogP contribution is -2.46. The summed E-state index contributed by atoms with van der Waals surface area (Å²) in [5, 5.41) is 3.38. The minimum atomic E-state index is -2.86. The van der Waals surface area contributed by atoms with E-state index in [4.69, 9.17) is 0 Å². The van der Waals surface area contributed by atoms with E-state index in [1.165, 1.54) is 25.7 Å². The van der Waals surface area contributed by atoms with Gasteiger partial charge in [0, 0.05) is 6.04 Å². The van der Waals surface area contributed by atoms with E-state index in [1.807, 2.05) is 0 Å². The number of nitrogens with one attached hydrogen (secondary N) is 1. The van der Waals surface area contributed by atoms with Crippen molar-refractivity contribution in [3.63, 3.8) is 0 Å². The monoisotopic (exact) mass is 303 g/mol. The SMILES string of the molecule is CCCCCCCC(NCCC)C1CCCCS1(=O)=O. The van der Waals surface area contributed by atoms with Crippen molar-refractivity contribution < 1.29 is 8.42 Å². The Morgan fingerprint density at radius 1 is 1.05 bits per heavy atom. The molecule has 1 heterocycles. The Bertz CT molecular complexity index is 340. The molecule has 3 nitrogen and oxygen atoms in total. The molecule has 1 aliphatic rings. The second-order valence-corrected chi connectivity index (χ2v) is 8.50. The van der Waals surface area contributed by atoms with Crippen LogP contribution in [0.15, 0.2) is 0 Å². The van der Waals surface area contributed by atoms with Crippen LogP contribution in [-0.4, -0.2) is 32.0 Å². The Kier molecular flexibility index (Phi) is 8.78. The van der Waals surface area contributed by atoms with Gasteiger partial charge in [0.05, 0.1) is 11.0 Å². The first-order chi connectivity index (χ1) is 9.61. The lowest BCUT2D eigenvalue weighted by atomic mass is 10.00. The number of hydrogen-bond donors (Lipinski definition) is 1. The van der Waals surface area contributed by atoms with Crippen molar-refractivity contribution in [3.05, 3.63) is 0 Å². The van der Waals surface area contributed by atoms with Crippen LogP contribution in [0.3, 0.4) is 0 Å². The molecule has 120 valence electrons. The summed E-state index contributed by atoms with van der Waals surface area (Å²) in [6.07, 6.45) is 11.1. The maximum Gasteiger partial charge on any atom is 0.154 e. The second-order valence-electron chi connectivity index (χ2n) is 6.16. The Morgan fingerprint density at radius 3 is 2.45 bits per heavy atom. The summed E-state index contributed by atoms with van der Waals surface area (Å²) in [4.78, 5) is 0. The van der Waals surface area contributed by atoms with Crippen LogP contribution in [0, 0.1) is 0 Å². The number of unbranched alkanes of at least 4 members (excludes halogenated alkanes) is 4. The van der Waals surface area contributed by atoms with Gasteiger partial charge in [-0.05, 0) is 32.2 Å². The molecule has 0 aromatic heterocycles. The quantitative estimate of drug-likeness (QED) is 0.626. The van der Waals surface area contributed by atoms with Gasteiger partial charge in [-0.3, -0.25) is 0 Å². The average molecular weight is 304 g/mol. The van der Waals surface area contributed by atoms with Crippen molar-refractivity contribution in [1.82, 2.24) is 5.32 Å². The Balaban J connectivity index is 2.49. The first-order valence-electron chi connectivity index (χ1n) is 8.56. The highest BCUT2D eigenvalue weighted by Gasteiger charge is 2.34. The molecule has 0 aromatic rings. The van der Waals surface area contributed by atoms with Gasteiger partial charge < -0.3 is 5.32 Å². The fourth-order valence-corrected chi connectivity index (χ4v) is 5.32. The molecule has 2 atom stereocenters. The Labute approximate surface area is 125 Å². The molecule has 0 aromatic carbocycles. The number of sulfone groups is 1. The van der Waals surface area contributed by atoms with E-state index in [1.54, 1.807) is 0 Å². The highest BCUT2D eigenvalue weighted by molar-refractivity contribution is 7.92. The summed E-state index contributed by atoms with van der Waals surface area (Å²) in [7, 11) is -2.86. The molecule has 0 amide bonds. The third-order valence-corrected chi connectivity index (χ3v) is 6.70. The summed E-state index contributed by atoms with van der Waals surface area (Å²) >= 11 is 0. The molecule has 1 N–H and O–H groups in total. The van der Waals surface area contributed by atoms with E-state index in [0.29, 0.717) is 5.75 Å². The topological polar surface area (TPSA) is 46.2 Å². The zero-order chi connectivity index (χ0) is 14.8. The van der Waals surface area contributed by atoms with Crippen molar-refractivity contribution >= 4 is 9.84 Å². The standard InChI is InChI=1S/C16H33NO2S/c1-3-5-6-7-8-11-15(17-13-4-2)16-12-9-10-14-20(16,18)19/h15-17H,3-14H2,1-2H3. The normalized spacial score (nSPS) is 23.6. The zero-order valence-corrected chi connectivity index (χ0v) is 14.2. The minimum absolute atomic E-state index is 0.131. The first kappa shape index (κ1) is 18.0. The van der Waals surface area contributed by atoms with E-state index in [2.05, 4.69) is 19.2 Å². The van der Waals surface area contributed by atoms with Crippen LogP contribution in [0.2, 0.25) is 0 Å². The Hall–Kier alpha value is -0.0900. The zero-order valence-electron chi connectivity index (χ0n) is 13.4. The maximum atomic E-state index is 12.3. The van der Waals surface area contributed by atoms with Gasteiger partial charge in [0.25, 0.3) is 0 Å². The fourth-order valence-electron chi connectivity index (χ4n) is 3.15. The molecular formula is C16H33NO2S. The predicted molar refractivity (Wildman–Crippen MR) is 86.9 cm³/mol. The van der Waals surface area contributed by atoms with E-state index in [0.717, 1.165) is 45.1 Å². The lowest BCUT2D eigenvalue weighted by Gasteiger charge is -2.31. The van der Waals surface area contributed by atoms with Gasteiger partial charge in [-0.15, -0.1) is 0 Å². The maximum absolute atomic E-state index is 12.3. The van der Waals surface area contributed by atoms with Crippen LogP contribution in [0.25, 0.3) is 0 Å². The molecule has 20 heavy (non-hydrogen) atoms. The van der Waals surface area contributed by atoms with Crippen LogP contribution in [0.4, 0.5) is 0 Å². The van der Waals surface area contributed by atoms with Crippen molar-refractivity contribution in [2.45, 2.75) is 89.3 Å². The van der Waals surface area contributed by atoms with Crippen molar-refractivity contribution in [1.29, 1.82) is 0 Å². The molecule has 0 bridgehead atoms. The highest BCUT2D eigenvalue weighted by Crippen LogP contribution is 2.25. The predicted octanol–water partition coefficient (Wildman–Crippen LogP) is 3.68. The summed E-state index contributed by atoms with van der Waals surface area (Å²) in [6.45, 7) is 5.30. The van der Waals surface area contributed by atoms with E-state index in [-0.39, 0.29) is 11.3 Å². The van der Waals surface area contributed by atoms with Crippen LogP contribution in [-0.2, 0) is 9.84 Å². The molecule has 0 saturated carbocycles. The summed E-state index contributed by atoms with van der Waals surface area (Å²) in [6, 6.07) is 0.182. The lowest BCUT2D eigenvalue weighted by molar-refractivity contribution is 0.402. The van der Waals surface area contributed by atoms with Crippen LogP contribution in [0.5, 0.6) is 0 Å². The molecule has 0 aliphatic carbocycles. The third-order valence-electron chi connectivity index (χ3n) is 4.35. The van der Waals surface area contributed by atoms with Gasteiger partial charge >= 0.3 is 0 Å². The van der Waals surface area contributed by atoms with E-state index < -0.39 is 9.84 Å². The van der Waals surface area contributed by atoms with E-state index in [9.17, 15) is 8.42 Å². The van der Waals surface area contributed by atoms with Gasteiger partial charge in [0.1, 0.15) is 0 Å². The van der Waals surface area contributed by atoms with Crippen LogP contribution in [0.1, 0.15) is 78.1 Å². The molecule has 0 radical (unpaired) electrons. The highest BCUT2D eigenvalue weighted by atomic mass is 32.2. The van der Waals surface area contributed by atoms with Crippen LogP contribution >= 0.6 is 0 Å².